The van der Waals surface area contributed by atoms with E-state index in [1.54, 1.807) is 32.0 Å². The molecular weight excluding hydrogens is 537 g/mol. The van der Waals surface area contributed by atoms with Crippen molar-refractivity contribution in [2.45, 2.75) is 51.7 Å². The number of rotatable bonds is 7. The van der Waals surface area contributed by atoms with Crippen molar-refractivity contribution in [2.75, 3.05) is 32.2 Å². The lowest BCUT2D eigenvalue weighted by atomic mass is 10.0. The van der Waals surface area contributed by atoms with Gasteiger partial charge in [-0.1, -0.05) is 13.8 Å². The molecule has 41 heavy (non-hydrogen) atoms. The predicted octanol–water partition coefficient (Wildman–Crippen LogP) is 4.78. The van der Waals surface area contributed by atoms with Crippen LogP contribution in [-0.2, 0) is 23.8 Å². The van der Waals surface area contributed by atoms with Gasteiger partial charge in [-0.3, -0.25) is 9.59 Å². The maximum absolute atomic E-state index is 14.3. The van der Waals surface area contributed by atoms with Crippen molar-refractivity contribution >= 4 is 11.6 Å². The van der Waals surface area contributed by atoms with E-state index in [1.807, 2.05) is 4.90 Å². The molecule has 0 unspecified atom stereocenters. The van der Waals surface area contributed by atoms with Crippen LogP contribution < -0.4 is 25.2 Å². The lowest BCUT2D eigenvalue weighted by Crippen LogP contribution is -2.39. The molecule has 0 bridgehead atoms. The maximum atomic E-state index is 14.3. The van der Waals surface area contributed by atoms with Gasteiger partial charge in [-0.2, -0.15) is 23.0 Å². The average molecular weight is 571 g/mol. The number of nitrogens with one attached hydrogen (secondary N) is 1. The molecule has 11 heteroatoms. The van der Waals surface area contributed by atoms with E-state index in [0.29, 0.717) is 72.8 Å². The number of alkyl halides is 3. The molecule has 5 rings (SSSR count). The molecule has 1 N–H and O–H groups in total. The van der Waals surface area contributed by atoms with Crippen LogP contribution in [0.3, 0.4) is 0 Å². The quantitative estimate of drug-likeness (QED) is 0.441. The number of benzene rings is 2. The number of methoxy groups -OCH3 is 2. The predicted molar refractivity (Wildman–Crippen MR) is 149 cm³/mol. The molecule has 2 heterocycles. The lowest BCUT2D eigenvalue weighted by Gasteiger charge is -2.23. The fraction of sp³-hybridized carbons (Fsp3) is 0.433. The topological polar surface area (TPSA) is 85.7 Å². The zero-order chi connectivity index (χ0) is 29.5. The molecule has 0 spiro atoms. The monoisotopic (exact) mass is 570 g/mol. The van der Waals surface area contributed by atoms with E-state index in [1.165, 1.54) is 26.4 Å². The number of carbonyl (C=O) groups excluding carboxylic acids is 1. The van der Waals surface area contributed by atoms with Gasteiger partial charge in [-0.05, 0) is 61.6 Å². The van der Waals surface area contributed by atoms with Crippen molar-refractivity contribution < 1.29 is 27.4 Å². The standard InChI is InChI=1S/C30H33F3N4O4/c1-17(2)28(38)34-19-10-11-36(16-19)20-8-9-25(30(31,32)33)26(14-20)37-29(39)24-7-5-6-23(24)27(35-37)18-12-21(40-3)15-22(13-18)41-4/h8-9,12-15,17,19H,5-7,10-11,16H2,1-4H3,(H,34,38)/t19-/m1/s1. The third-order valence-corrected chi connectivity index (χ3v) is 7.72. The lowest BCUT2D eigenvalue weighted by molar-refractivity contribution is -0.137. The molecule has 1 aliphatic heterocycles. The Morgan fingerprint density at radius 2 is 1.73 bits per heavy atom. The van der Waals surface area contributed by atoms with Gasteiger partial charge >= 0.3 is 6.18 Å². The molecule has 0 saturated carbocycles. The number of hydrogen-bond donors (Lipinski definition) is 1. The van der Waals surface area contributed by atoms with Gasteiger partial charge in [0.1, 0.15) is 11.5 Å². The molecule has 3 aromatic rings. The Bertz CT molecular complexity index is 1510. The van der Waals surface area contributed by atoms with E-state index in [2.05, 4.69) is 10.4 Å². The summed E-state index contributed by atoms with van der Waals surface area (Å²) in [6, 6.07) is 8.82. The van der Waals surface area contributed by atoms with E-state index in [-0.39, 0.29) is 23.6 Å². The van der Waals surface area contributed by atoms with E-state index in [0.717, 1.165) is 16.3 Å². The Hall–Kier alpha value is -4.02. The van der Waals surface area contributed by atoms with Gasteiger partial charge in [0, 0.05) is 47.9 Å². The third-order valence-electron chi connectivity index (χ3n) is 7.72. The molecule has 1 saturated heterocycles. The maximum Gasteiger partial charge on any atom is 0.418 e. The number of carbonyl (C=O) groups is 1. The summed E-state index contributed by atoms with van der Waals surface area (Å²) < 4.78 is 54.6. The number of fused-ring (bicyclic) bond motifs is 1. The van der Waals surface area contributed by atoms with Crippen LogP contribution in [0.5, 0.6) is 11.5 Å². The molecule has 1 aliphatic carbocycles. The summed E-state index contributed by atoms with van der Waals surface area (Å²) in [5.74, 6) is 0.757. The van der Waals surface area contributed by atoms with Crippen LogP contribution in [-0.4, -0.2) is 49.0 Å². The highest BCUT2D eigenvalue weighted by Crippen LogP contribution is 2.38. The SMILES string of the molecule is COc1cc(OC)cc(-c2nn(-c3cc(N4CC[C@@H](NC(=O)C(C)C)C4)ccc3C(F)(F)F)c(=O)c3c2CCC3)c1. The van der Waals surface area contributed by atoms with E-state index >= 15 is 0 Å². The molecule has 8 nitrogen and oxygen atoms in total. The van der Waals surface area contributed by atoms with Crippen LogP contribution >= 0.6 is 0 Å². The molecule has 1 aromatic heterocycles. The molecular formula is C30H33F3N4O4. The summed E-state index contributed by atoms with van der Waals surface area (Å²) in [7, 11) is 3.02. The van der Waals surface area contributed by atoms with Gasteiger partial charge in [0.05, 0.1) is 31.2 Å². The van der Waals surface area contributed by atoms with E-state index in [9.17, 15) is 22.8 Å². The Morgan fingerprint density at radius 1 is 1.05 bits per heavy atom. The number of amides is 1. The van der Waals surface area contributed by atoms with Crippen LogP contribution in [0.2, 0.25) is 0 Å². The Morgan fingerprint density at radius 3 is 2.37 bits per heavy atom. The summed E-state index contributed by atoms with van der Waals surface area (Å²) >= 11 is 0. The summed E-state index contributed by atoms with van der Waals surface area (Å²) in [6.07, 6.45) is -2.31. The first-order chi connectivity index (χ1) is 19.5. The smallest absolute Gasteiger partial charge is 0.418 e. The highest BCUT2D eigenvalue weighted by molar-refractivity contribution is 5.78. The van der Waals surface area contributed by atoms with E-state index in [4.69, 9.17) is 9.47 Å². The first-order valence-electron chi connectivity index (χ1n) is 13.7. The minimum Gasteiger partial charge on any atom is -0.497 e. The zero-order valence-corrected chi connectivity index (χ0v) is 23.5. The van der Waals surface area contributed by atoms with E-state index < -0.39 is 17.3 Å². The number of nitrogens with zero attached hydrogens (tertiary/aromatic N) is 3. The van der Waals surface area contributed by atoms with Crippen LogP contribution in [0.25, 0.3) is 16.9 Å². The summed E-state index contributed by atoms with van der Waals surface area (Å²) in [5.41, 5.74) is 0.886. The second-order valence-corrected chi connectivity index (χ2v) is 10.8. The van der Waals surface area contributed by atoms with Gasteiger partial charge in [0.15, 0.2) is 0 Å². The van der Waals surface area contributed by atoms with Gasteiger partial charge in [-0.15, -0.1) is 0 Å². The minimum absolute atomic E-state index is 0.0689. The fourth-order valence-corrected chi connectivity index (χ4v) is 5.53. The van der Waals surface area contributed by atoms with Gasteiger partial charge in [0.25, 0.3) is 5.56 Å². The molecule has 1 fully saturated rings. The van der Waals surface area contributed by atoms with Crippen LogP contribution in [0, 0.1) is 5.92 Å². The normalized spacial score (nSPS) is 16.7. The van der Waals surface area contributed by atoms with Crippen molar-refractivity contribution in [1.29, 1.82) is 0 Å². The highest BCUT2D eigenvalue weighted by atomic mass is 19.4. The Labute approximate surface area is 236 Å². The van der Waals surface area contributed by atoms with Crippen molar-refractivity contribution in [1.82, 2.24) is 15.1 Å². The molecule has 2 aliphatic rings. The Kier molecular flexibility index (Phi) is 7.72. The average Bonchev–Trinajstić information content (AvgIpc) is 3.63. The van der Waals surface area contributed by atoms with Gasteiger partial charge in [0.2, 0.25) is 5.91 Å². The highest BCUT2D eigenvalue weighted by Gasteiger charge is 2.36. The largest absolute Gasteiger partial charge is 0.497 e. The number of halogens is 3. The molecule has 0 radical (unpaired) electrons. The fourth-order valence-electron chi connectivity index (χ4n) is 5.53. The van der Waals surface area contributed by atoms with Crippen LogP contribution in [0.15, 0.2) is 41.2 Å². The van der Waals surface area contributed by atoms with Crippen LogP contribution in [0.1, 0.15) is 43.4 Å². The number of anilines is 1. The molecule has 1 atom stereocenters. The number of ether oxygens (including phenoxy) is 2. The first-order valence-corrected chi connectivity index (χ1v) is 13.7. The Balaban J connectivity index is 1.63. The summed E-state index contributed by atoms with van der Waals surface area (Å²) in [6.45, 7) is 4.61. The van der Waals surface area contributed by atoms with Crippen molar-refractivity contribution in [3.05, 3.63) is 63.4 Å². The number of hydrogen-bond acceptors (Lipinski definition) is 6. The van der Waals surface area contributed by atoms with Crippen molar-refractivity contribution in [3.63, 3.8) is 0 Å². The minimum atomic E-state index is -4.72. The van der Waals surface area contributed by atoms with Gasteiger partial charge < -0.3 is 19.7 Å². The van der Waals surface area contributed by atoms with Crippen LogP contribution in [0.4, 0.5) is 18.9 Å². The molecule has 2 aromatic carbocycles. The zero-order valence-electron chi connectivity index (χ0n) is 23.5. The number of aromatic nitrogens is 2. The summed E-state index contributed by atoms with van der Waals surface area (Å²) in [4.78, 5) is 27.8. The van der Waals surface area contributed by atoms with Gasteiger partial charge in [-0.25, -0.2) is 0 Å². The summed E-state index contributed by atoms with van der Waals surface area (Å²) in [5, 5.41) is 7.56. The molecule has 218 valence electrons. The first kappa shape index (κ1) is 28.5. The molecule has 1 amide bonds. The van der Waals surface area contributed by atoms with Crippen molar-refractivity contribution in [3.8, 4) is 28.4 Å². The second kappa shape index (κ2) is 11.1. The third kappa shape index (κ3) is 5.62. The van der Waals surface area contributed by atoms with Crippen molar-refractivity contribution in [2.24, 2.45) is 5.92 Å². The second-order valence-electron chi connectivity index (χ2n) is 10.8.